The fourth-order valence-corrected chi connectivity index (χ4v) is 3.65. The fourth-order valence-electron chi connectivity index (χ4n) is 2.86. The van der Waals surface area contributed by atoms with Crippen molar-refractivity contribution in [2.24, 2.45) is 0 Å². The van der Waals surface area contributed by atoms with Crippen LogP contribution in [-0.4, -0.2) is 45.5 Å². The number of ether oxygens (including phenoxy) is 2. The van der Waals surface area contributed by atoms with Crippen molar-refractivity contribution in [2.45, 2.75) is 0 Å². The smallest absolute Gasteiger partial charge is 0.258 e. The van der Waals surface area contributed by atoms with Gasteiger partial charge >= 0.3 is 0 Å². The molecule has 170 valence electrons. The standard InChI is InChI=1S/C21H15Cl3FN5O3/c22-14-4-2-1-3-13(14)21-28-27-17-5-6-19(29-30(17)21)32-8-7-26-18(31)11-33-20-15(23)9-12(25)10-16(20)24/h1-6,9-10H,7-8,11H2,(H,26,31). The van der Waals surface area contributed by atoms with E-state index < -0.39 is 11.7 Å². The van der Waals surface area contributed by atoms with Gasteiger partial charge < -0.3 is 14.8 Å². The second-order valence-electron chi connectivity index (χ2n) is 6.63. The number of benzene rings is 2. The molecule has 0 saturated carbocycles. The molecular weight excluding hydrogens is 496 g/mol. The summed E-state index contributed by atoms with van der Waals surface area (Å²) in [5.74, 6) is -0.211. The van der Waals surface area contributed by atoms with Crippen LogP contribution in [0.1, 0.15) is 0 Å². The van der Waals surface area contributed by atoms with Gasteiger partial charge in [-0.1, -0.05) is 46.9 Å². The number of rotatable bonds is 8. The molecule has 2 aromatic heterocycles. The second-order valence-corrected chi connectivity index (χ2v) is 7.85. The van der Waals surface area contributed by atoms with Crippen LogP contribution >= 0.6 is 34.8 Å². The minimum Gasteiger partial charge on any atom is -0.481 e. The molecule has 12 heteroatoms. The highest BCUT2D eigenvalue weighted by molar-refractivity contribution is 6.37. The predicted molar refractivity (Wildman–Crippen MR) is 122 cm³/mol. The fraction of sp³-hybridized carbons (Fsp3) is 0.143. The molecule has 0 aliphatic carbocycles. The van der Waals surface area contributed by atoms with Crippen LogP contribution < -0.4 is 14.8 Å². The maximum atomic E-state index is 13.2. The Morgan fingerprint density at radius 3 is 2.52 bits per heavy atom. The quantitative estimate of drug-likeness (QED) is 0.352. The van der Waals surface area contributed by atoms with Gasteiger partial charge in [-0.25, -0.2) is 4.39 Å². The third-order valence-electron chi connectivity index (χ3n) is 4.34. The number of carbonyl (C=O) groups is 1. The first-order valence-electron chi connectivity index (χ1n) is 9.56. The average molecular weight is 511 g/mol. The minimum atomic E-state index is -0.601. The number of nitrogens with zero attached hydrogens (tertiary/aromatic N) is 4. The Morgan fingerprint density at radius 1 is 1.00 bits per heavy atom. The molecule has 0 atom stereocenters. The highest BCUT2D eigenvalue weighted by Gasteiger charge is 2.14. The van der Waals surface area contributed by atoms with Crippen molar-refractivity contribution in [1.82, 2.24) is 25.1 Å². The van der Waals surface area contributed by atoms with Gasteiger partial charge in [0, 0.05) is 11.6 Å². The predicted octanol–water partition coefficient (Wildman–Crippen LogP) is 4.46. The number of aromatic nitrogens is 4. The lowest BCUT2D eigenvalue weighted by Crippen LogP contribution is -2.32. The van der Waals surface area contributed by atoms with Gasteiger partial charge in [-0.05, 0) is 30.3 Å². The molecule has 1 amide bonds. The van der Waals surface area contributed by atoms with Crippen LogP contribution in [0.25, 0.3) is 17.0 Å². The van der Waals surface area contributed by atoms with Crippen molar-refractivity contribution in [3.63, 3.8) is 0 Å². The molecule has 2 heterocycles. The topological polar surface area (TPSA) is 90.6 Å². The number of fused-ring (bicyclic) bond motifs is 1. The summed E-state index contributed by atoms with van der Waals surface area (Å²) in [6.07, 6.45) is 0. The number of nitrogens with one attached hydrogen (secondary N) is 1. The number of hydrogen-bond acceptors (Lipinski definition) is 6. The minimum absolute atomic E-state index is 0.0252. The molecule has 2 aromatic carbocycles. The van der Waals surface area contributed by atoms with E-state index in [0.717, 1.165) is 12.1 Å². The van der Waals surface area contributed by atoms with Gasteiger partial charge in [0.1, 0.15) is 12.4 Å². The molecule has 4 aromatic rings. The normalized spacial score (nSPS) is 10.9. The summed E-state index contributed by atoms with van der Waals surface area (Å²) >= 11 is 18.0. The maximum absolute atomic E-state index is 13.2. The maximum Gasteiger partial charge on any atom is 0.258 e. The molecule has 1 N–H and O–H groups in total. The summed E-state index contributed by atoms with van der Waals surface area (Å²) in [7, 11) is 0. The van der Waals surface area contributed by atoms with E-state index in [1.165, 1.54) is 4.52 Å². The second kappa shape index (κ2) is 10.2. The Bertz CT molecular complexity index is 1290. The van der Waals surface area contributed by atoms with Crippen molar-refractivity contribution in [3.8, 4) is 23.0 Å². The van der Waals surface area contributed by atoms with Gasteiger partial charge in [-0.3, -0.25) is 4.79 Å². The van der Waals surface area contributed by atoms with E-state index in [0.29, 0.717) is 27.9 Å². The van der Waals surface area contributed by atoms with Crippen LogP contribution in [0, 0.1) is 5.82 Å². The van der Waals surface area contributed by atoms with E-state index in [-0.39, 0.29) is 35.6 Å². The largest absolute Gasteiger partial charge is 0.481 e. The van der Waals surface area contributed by atoms with E-state index in [4.69, 9.17) is 44.3 Å². The molecule has 0 aliphatic heterocycles. The molecular formula is C21H15Cl3FN5O3. The molecule has 0 bridgehead atoms. The van der Waals surface area contributed by atoms with Crippen molar-refractivity contribution in [3.05, 3.63) is 69.4 Å². The molecule has 33 heavy (non-hydrogen) atoms. The summed E-state index contributed by atoms with van der Waals surface area (Å²) in [6, 6.07) is 12.7. The molecule has 0 unspecified atom stereocenters. The summed E-state index contributed by atoms with van der Waals surface area (Å²) < 4.78 is 25.6. The lowest BCUT2D eigenvalue weighted by atomic mass is 10.2. The van der Waals surface area contributed by atoms with E-state index >= 15 is 0 Å². The van der Waals surface area contributed by atoms with Crippen LogP contribution in [0.2, 0.25) is 15.1 Å². The zero-order valence-electron chi connectivity index (χ0n) is 16.8. The third-order valence-corrected chi connectivity index (χ3v) is 5.23. The van der Waals surface area contributed by atoms with E-state index in [9.17, 15) is 9.18 Å². The van der Waals surface area contributed by atoms with E-state index in [1.54, 1.807) is 18.2 Å². The molecule has 0 radical (unpaired) electrons. The third kappa shape index (κ3) is 5.44. The first-order valence-corrected chi connectivity index (χ1v) is 10.7. The van der Waals surface area contributed by atoms with E-state index in [1.807, 2.05) is 18.2 Å². The van der Waals surface area contributed by atoms with Crippen LogP contribution in [-0.2, 0) is 4.79 Å². The Morgan fingerprint density at radius 2 is 1.76 bits per heavy atom. The van der Waals surface area contributed by atoms with Gasteiger partial charge in [0.15, 0.2) is 23.8 Å². The Labute approximate surface area is 202 Å². The lowest BCUT2D eigenvalue weighted by Gasteiger charge is -2.11. The number of amides is 1. The zero-order chi connectivity index (χ0) is 23.4. The summed E-state index contributed by atoms with van der Waals surface area (Å²) in [6.45, 7) is -0.0185. The lowest BCUT2D eigenvalue weighted by molar-refractivity contribution is -0.123. The highest BCUT2D eigenvalue weighted by Crippen LogP contribution is 2.33. The van der Waals surface area contributed by atoms with Crippen LogP contribution in [0.15, 0.2) is 48.5 Å². The molecule has 0 spiro atoms. The summed E-state index contributed by atoms with van der Waals surface area (Å²) in [4.78, 5) is 12.0. The molecule has 0 aliphatic rings. The van der Waals surface area contributed by atoms with Crippen molar-refractivity contribution in [1.29, 1.82) is 0 Å². The highest BCUT2D eigenvalue weighted by atomic mass is 35.5. The first kappa shape index (κ1) is 23.0. The Kier molecular flexibility index (Phi) is 7.12. The molecule has 0 fully saturated rings. The molecule has 8 nitrogen and oxygen atoms in total. The van der Waals surface area contributed by atoms with Crippen molar-refractivity contribution < 1.29 is 18.7 Å². The first-order chi connectivity index (χ1) is 15.9. The Balaban J connectivity index is 1.31. The van der Waals surface area contributed by atoms with Crippen LogP contribution in [0.5, 0.6) is 11.6 Å². The Hall–Kier alpha value is -3.14. The SMILES string of the molecule is O=C(COc1c(Cl)cc(F)cc1Cl)NCCOc1ccc2nnc(-c3ccccc3Cl)n2n1. The number of hydrogen-bond donors (Lipinski definition) is 1. The van der Waals surface area contributed by atoms with Gasteiger partial charge in [0.05, 0.1) is 21.6 Å². The van der Waals surface area contributed by atoms with E-state index in [2.05, 4.69) is 20.6 Å². The van der Waals surface area contributed by atoms with Crippen molar-refractivity contribution in [2.75, 3.05) is 19.8 Å². The van der Waals surface area contributed by atoms with Gasteiger partial charge in [0.2, 0.25) is 5.88 Å². The summed E-state index contributed by atoms with van der Waals surface area (Å²) in [5, 5.41) is 15.7. The van der Waals surface area contributed by atoms with Gasteiger partial charge in [0.25, 0.3) is 5.91 Å². The van der Waals surface area contributed by atoms with Gasteiger partial charge in [-0.2, -0.15) is 4.52 Å². The number of carbonyl (C=O) groups excluding carboxylic acids is 1. The zero-order valence-corrected chi connectivity index (χ0v) is 19.0. The average Bonchev–Trinajstić information content (AvgIpc) is 3.19. The van der Waals surface area contributed by atoms with Crippen molar-refractivity contribution >= 4 is 46.4 Å². The monoisotopic (exact) mass is 509 g/mol. The number of halogens is 4. The summed E-state index contributed by atoms with van der Waals surface area (Å²) in [5.41, 5.74) is 1.21. The van der Waals surface area contributed by atoms with Crippen LogP contribution in [0.3, 0.4) is 0 Å². The van der Waals surface area contributed by atoms with Gasteiger partial charge in [-0.15, -0.1) is 15.3 Å². The molecule has 0 saturated heterocycles. The molecule has 4 rings (SSSR count). The van der Waals surface area contributed by atoms with Crippen LogP contribution in [0.4, 0.5) is 4.39 Å².